The second-order valence-electron chi connectivity index (χ2n) is 12.2. The third-order valence-electron chi connectivity index (χ3n) is 7.72. The number of alkyl halides is 1. The lowest BCUT2D eigenvalue weighted by atomic mass is 9.42. The maximum absolute atomic E-state index is 14.3. The molecule has 0 unspecified atom stereocenters. The van der Waals surface area contributed by atoms with E-state index in [0.29, 0.717) is 60.6 Å². The van der Waals surface area contributed by atoms with Crippen LogP contribution in [0, 0.1) is 5.41 Å². The molecule has 4 fully saturated rings. The third-order valence-corrected chi connectivity index (χ3v) is 7.72. The van der Waals surface area contributed by atoms with E-state index in [4.69, 9.17) is 9.05 Å². The van der Waals surface area contributed by atoms with Crippen LogP contribution in [0.1, 0.15) is 95.6 Å². The molecular formula is C27H33FN6O3. The van der Waals surface area contributed by atoms with E-state index in [0.717, 1.165) is 44.3 Å². The minimum absolute atomic E-state index is 0.0110. The Morgan fingerprint density at radius 1 is 1.08 bits per heavy atom. The first-order chi connectivity index (χ1) is 17.6. The number of rotatable bonds is 10. The van der Waals surface area contributed by atoms with Crippen molar-refractivity contribution in [3.05, 3.63) is 36.0 Å². The normalized spacial score (nSPS) is 24.4. The summed E-state index contributed by atoms with van der Waals surface area (Å²) in [4.78, 5) is 28.8. The average molecular weight is 509 g/mol. The largest absolute Gasteiger partial charge is 0.339 e. The Kier molecular flexibility index (Phi) is 5.69. The first-order valence-electron chi connectivity index (χ1n) is 13.3. The van der Waals surface area contributed by atoms with Gasteiger partial charge in [0.1, 0.15) is 5.67 Å². The molecule has 4 saturated carbocycles. The molecule has 1 amide bonds. The van der Waals surface area contributed by atoms with Gasteiger partial charge in [-0.05, 0) is 51.0 Å². The van der Waals surface area contributed by atoms with E-state index >= 15 is 0 Å². The molecule has 7 rings (SSSR count). The summed E-state index contributed by atoms with van der Waals surface area (Å²) in [7, 11) is 0. The van der Waals surface area contributed by atoms with Crippen LogP contribution in [0.5, 0.6) is 0 Å². The van der Waals surface area contributed by atoms with Crippen LogP contribution < -0.4 is 4.90 Å². The summed E-state index contributed by atoms with van der Waals surface area (Å²) in [6.45, 7) is 6.66. The maximum atomic E-state index is 14.3. The fourth-order valence-electron chi connectivity index (χ4n) is 5.47. The average Bonchev–Trinajstić information content (AvgIpc) is 3.34. The highest BCUT2D eigenvalue weighted by Crippen LogP contribution is 2.70. The number of carbonyl (C=O) groups excluding carboxylic acids is 1. The van der Waals surface area contributed by atoms with Gasteiger partial charge >= 0.3 is 0 Å². The van der Waals surface area contributed by atoms with E-state index in [2.05, 4.69) is 25.3 Å². The van der Waals surface area contributed by atoms with Gasteiger partial charge in [0.2, 0.25) is 11.8 Å². The highest BCUT2D eigenvalue weighted by molar-refractivity contribution is 6.00. The highest BCUT2D eigenvalue weighted by Gasteiger charge is 2.73. The van der Waals surface area contributed by atoms with Crippen LogP contribution in [0.4, 0.5) is 10.1 Å². The lowest BCUT2D eigenvalue weighted by Gasteiger charge is -2.65. The van der Waals surface area contributed by atoms with Gasteiger partial charge < -0.3 is 13.9 Å². The van der Waals surface area contributed by atoms with Crippen molar-refractivity contribution in [2.24, 2.45) is 5.41 Å². The summed E-state index contributed by atoms with van der Waals surface area (Å²) >= 11 is 0. The van der Waals surface area contributed by atoms with Crippen molar-refractivity contribution in [3.63, 3.8) is 0 Å². The molecule has 2 bridgehead atoms. The van der Waals surface area contributed by atoms with E-state index in [-0.39, 0.29) is 11.3 Å². The molecule has 0 saturated heterocycles. The standard InChI is InChI=1S/C27H33FN6O3/c1-25(2,3)23-30-20(32-37-23)7-5-4-6-10-34(24(35)26-14-27(28,15-26)16-26)19-11-18(12-29-13-19)22-31-21(33-36-22)17-8-9-17/h11-13,17H,4-10,14-16H2,1-3H3. The number of aromatic nitrogens is 5. The Bertz CT molecular complexity index is 1290. The topological polar surface area (TPSA) is 111 Å². The van der Waals surface area contributed by atoms with Gasteiger partial charge in [0.15, 0.2) is 11.6 Å². The van der Waals surface area contributed by atoms with Crippen LogP contribution in [0.15, 0.2) is 27.5 Å². The number of unbranched alkanes of at least 4 members (excludes halogenated alkanes) is 2. The fourth-order valence-corrected chi connectivity index (χ4v) is 5.47. The lowest BCUT2D eigenvalue weighted by Crippen LogP contribution is -2.70. The monoisotopic (exact) mass is 508 g/mol. The van der Waals surface area contributed by atoms with Crippen molar-refractivity contribution in [1.82, 2.24) is 25.3 Å². The lowest BCUT2D eigenvalue weighted by molar-refractivity contribution is -0.211. The second kappa shape index (κ2) is 8.70. The zero-order chi connectivity index (χ0) is 25.8. The van der Waals surface area contributed by atoms with Crippen LogP contribution in [-0.4, -0.2) is 43.4 Å². The number of amides is 1. The third kappa shape index (κ3) is 4.66. The number of carbonyl (C=O) groups is 1. The van der Waals surface area contributed by atoms with Crippen molar-refractivity contribution < 1.29 is 18.2 Å². The van der Waals surface area contributed by atoms with E-state index in [1.54, 1.807) is 17.3 Å². The molecule has 4 aliphatic carbocycles. The highest BCUT2D eigenvalue weighted by atomic mass is 19.1. The number of hydrogen-bond donors (Lipinski definition) is 0. The zero-order valence-corrected chi connectivity index (χ0v) is 21.7. The zero-order valence-electron chi connectivity index (χ0n) is 21.7. The van der Waals surface area contributed by atoms with Crippen LogP contribution in [0.3, 0.4) is 0 Å². The number of pyridine rings is 1. The molecule has 0 N–H and O–H groups in total. The second-order valence-corrected chi connectivity index (χ2v) is 12.2. The quantitative estimate of drug-likeness (QED) is 0.338. The smallest absolute Gasteiger partial charge is 0.259 e. The Morgan fingerprint density at radius 3 is 2.54 bits per heavy atom. The van der Waals surface area contributed by atoms with Gasteiger partial charge in [-0.15, -0.1) is 0 Å². The molecular weight excluding hydrogens is 475 g/mol. The molecule has 9 nitrogen and oxygen atoms in total. The Labute approximate surface area is 215 Å². The van der Waals surface area contributed by atoms with E-state index < -0.39 is 11.1 Å². The predicted molar refractivity (Wildman–Crippen MR) is 133 cm³/mol. The first kappa shape index (κ1) is 24.2. The molecule has 3 heterocycles. The Balaban J connectivity index is 1.12. The van der Waals surface area contributed by atoms with Crippen molar-refractivity contribution in [3.8, 4) is 11.5 Å². The van der Waals surface area contributed by atoms with Crippen molar-refractivity contribution in [2.75, 3.05) is 11.4 Å². The van der Waals surface area contributed by atoms with Gasteiger partial charge in [0.05, 0.1) is 22.9 Å². The van der Waals surface area contributed by atoms with Gasteiger partial charge in [-0.1, -0.05) is 37.5 Å². The van der Waals surface area contributed by atoms with E-state index in [1.165, 1.54) is 0 Å². The summed E-state index contributed by atoms with van der Waals surface area (Å²) in [5, 5.41) is 8.19. The molecule has 0 spiro atoms. The van der Waals surface area contributed by atoms with Crippen molar-refractivity contribution in [1.29, 1.82) is 0 Å². The molecule has 0 aromatic carbocycles. The summed E-state index contributed by atoms with van der Waals surface area (Å²) in [5.74, 6) is 2.86. The number of aryl methyl sites for hydroxylation is 1. The first-order valence-corrected chi connectivity index (χ1v) is 13.3. The molecule has 10 heteroatoms. The minimum Gasteiger partial charge on any atom is -0.339 e. The number of hydrogen-bond acceptors (Lipinski definition) is 8. The van der Waals surface area contributed by atoms with E-state index in [9.17, 15) is 9.18 Å². The molecule has 0 radical (unpaired) electrons. The van der Waals surface area contributed by atoms with Gasteiger partial charge in [-0.3, -0.25) is 9.78 Å². The molecule has 3 aromatic heterocycles. The summed E-state index contributed by atoms with van der Waals surface area (Å²) < 4.78 is 25.1. The summed E-state index contributed by atoms with van der Waals surface area (Å²) in [6.07, 6.45) is 9.79. The van der Waals surface area contributed by atoms with Gasteiger partial charge in [-0.25, -0.2) is 4.39 Å². The molecule has 0 aliphatic heterocycles. The number of nitrogens with zero attached hydrogens (tertiary/aromatic N) is 6. The van der Waals surface area contributed by atoms with Gasteiger partial charge in [-0.2, -0.15) is 9.97 Å². The molecule has 0 atom stereocenters. The van der Waals surface area contributed by atoms with Gasteiger partial charge in [0.25, 0.3) is 5.89 Å². The molecule has 196 valence electrons. The van der Waals surface area contributed by atoms with Crippen LogP contribution >= 0.6 is 0 Å². The SMILES string of the molecule is CC(C)(C)c1nc(CCCCCN(C(=O)C23CC(F)(C2)C3)c2cncc(-c3nc(C4CC4)no3)c2)no1. The Morgan fingerprint density at radius 2 is 1.86 bits per heavy atom. The molecule has 3 aromatic rings. The van der Waals surface area contributed by atoms with Crippen molar-refractivity contribution >= 4 is 11.6 Å². The fraction of sp³-hybridized carbons (Fsp3) is 0.630. The minimum atomic E-state index is -1.14. The summed E-state index contributed by atoms with van der Waals surface area (Å²) in [5.41, 5.74) is -0.515. The van der Waals surface area contributed by atoms with Crippen LogP contribution in [0.25, 0.3) is 11.5 Å². The van der Waals surface area contributed by atoms with E-state index in [1.807, 2.05) is 26.8 Å². The maximum Gasteiger partial charge on any atom is 0.259 e. The number of anilines is 1. The van der Waals surface area contributed by atoms with Crippen molar-refractivity contribution in [2.45, 2.75) is 95.6 Å². The van der Waals surface area contributed by atoms with Crippen LogP contribution in [-0.2, 0) is 16.6 Å². The molecule has 4 aliphatic rings. The molecule has 37 heavy (non-hydrogen) atoms. The Hall–Kier alpha value is -3.17. The number of halogens is 1. The summed E-state index contributed by atoms with van der Waals surface area (Å²) in [6, 6.07) is 1.87. The van der Waals surface area contributed by atoms with Crippen LogP contribution in [0.2, 0.25) is 0 Å². The predicted octanol–water partition coefficient (Wildman–Crippen LogP) is 5.33. The van der Waals surface area contributed by atoms with Gasteiger partial charge in [0, 0.05) is 30.5 Å².